The Morgan fingerprint density at radius 1 is 1.38 bits per heavy atom. The second-order valence-corrected chi connectivity index (χ2v) is 8.35. The van der Waals surface area contributed by atoms with E-state index in [4.69, 9.17) is 0 Å². The Morgan fingerprint density at radius 3 is 2.83 bits per heavy atom. The Morgan fingerprint density at radius 2 is 2.17 bits per heavy atom. The molecule has 1 aliphatic heterocycles. The fourth-order valence-corrected chi connectivity index (χ4v) is 3.77. The van der Waals surface area contributed by atoms with Gasteiger partial charge in [-0.3, -0.25) is 9.48 Å². The minimum atomic E-state index is -3.33. The van der Waals surface area contributed by atoms with Gasteiger partial charge >= 0.3 is 0 Å². The number of nitrogens with zero attached hydrogens (tertiary/aromatic N) is 3. The molecule has 1 aromatic carbocycles. The number of likely N-dealkylation sites (tertiary alicyclic amines) is 1. The number of hydrogen-bond donors (Lipinski definition) is 0. The summed E-state index contributed by atoms with van der Waals surface area (Å²) in [4.78, 5) is 14.8. The van der Waals surface area contributed by atoms with Gasteiger partial charge in [0.15, 0.2) is 9.84 Å². The highest BCUT2D eigenvalue weighted by atomic mass is 32.2. The van der Waals surface area contributed by atoms with Gasteiger partial charge in [-0.25, -0.2) is 8.42 Å². The molecular weight excluding hydrogens is 326 g/mol. The van der Waals surface area contributed by atoms with Crippen molar-refractivity contribution in [2.45, 2.75) is 37.2 Å². The van der Waals surface area contributed by atoms with Gasteiger partial charge in [-0.1, -0.05) is 6.07 Å². The van der Waals surface area contributed by atoms with Crippen LogP contribution in [0.3, 0.4) is 0 Å². The van der Waals surface area contributed by atoms with Crippen molar-refractivity contribution >= 4 is 15.7 Å². The number of carbonyl (C=O) groups excluding carboxylic acids is 1. The van der Waals surface area contributed by atoms with Gasteiger partial charge in [-0.15, -0.1) is 0 Å². The second-order valence-electron chi connectivity index (χ2n) is 6.33. The van der Waals surface area contributed by atoms with Gasteiger partial charge in [0.1, 0.15) is 0 Å². The van der Waals surface area contributed by atoms with E-state index >= 15 is 0 Å². The van der Waals surface area contributed by atoms with Gasteiger partial charge in [0.25, 0.3) is 5.91 Å². The standard InChI is InChI=1S/C17H21N3O3S/c1-13-10-18-19(11-13)12-15-6-4-8-20(15)17(21)14-5-3-7-16(9-14)24(2,22)23/h3,5,7,9-11,15H,4,6,8,12H2,1-2H3/t15-/m1/s1. The largest absolute Gasteiger partial charge is 0.334 e. The molecule has 6 nitrogen and oxygen atoms in total. The number of amides is 1. The summed E-state index contributed by atoms with van der Waals surface area (Å²) in [7, 11) is -3.33. The zero-order valence-electron chi connectivity index (χ0n) is 13.8. The Hall–Kier alpha value is -2.15. The van der Waals surface area contributed by atoms with Crippen LogP contribution in [0.2, 0.25) is 0 Å². The van der Waals surface area contributed by atoms with Crippen LogP contribution in [0.4, 0.5) is 0 Å². The topological polar surface area (TPSA) is 72.3 Å². The van der Waals surface area contributed by atoms with Crippen molar-refractivity contribution in [3.05, 3.63) is 47.8 Å². The van der Waals surface area contributed by atoms with Crippen LogP contribution in [0.1, 0.15) is 28.8 Å². The van der Waals surface area contributed by atoms with Crippen LogP contribution in [0.5, 0.6) is 0 Å². The molecular formula is C17H21N3O3S. The van der Waals surface area contributed by atoms with Crippen LogP contribution in [0.15, 0.2) is 41.6 Å². The molecule has 3 rings (SSSR count). The molecule has 7 heteroatoms. The second kappa shape index (κ2) is 6.39. The van der Waals surface area contributed by atoms with Crippen LogP contribution < -0.4 is 0 Å². The van der Waals surface area contributed by atoms with Crippen LogP contribution in [-0.4, -0.2) is 47.8 Å². The normalized spacial score (nSPS) is 18.1. The monoisotopic (exact) mass is 347 g/mol. The highest BCUT2D eigenvalue weighted by molar-refractivity contribution is 7.90. The SMILES string of the molecule is Cc1cnn(C[C@H]2CCCN2C(=O)c2cccc(S(C)(=O)=O)c2)c1. The molecule has 1 amide bonds. The van der Waals surface area contributed by atoms with Crippen molar-refractivity contribution in [2.24, 2.45) is 0 Å². The molecule has 0 aliphatic carbocycles. The zero-order chi connectivity index (χ0) is 17.3. The molecule has 1 aromatic heterocycles. The number of benzene rings is 1. The molecule has 0 radical (unpaired) electrons. The van der Waals surface area contributed by atoms with Gasteiger partial charge in [0.05, 0.1) is 23.7 Å². The average molecular weight is 347 g/mol. The molecule has 1 fully saturated rings. The summed E-state index contributed by atoms with van der Waals surface area (Å²) in [6, 6.07) is 6.35. The number of hydrogen-bond acceptors (Lipinski definition) is 4. The fraction of sp³-hybridized carbons (Fsp3) is 0.412. The van der Waals surface area contributed by atoms with Crippen LogP contribution in [0.25, 0.3) is 0 Å². The van der Waals surface area contributed by atoms with E-state index in [0.717, 1.165) is 24.7 Å². The fourth-order valence-electron chi connectivity index (χ4n) is 3.10. The summed E-state index contributed by atoms with van der Waals surface area (Å²) in [5, 5.41) is 4.29. The third kappa shape index (κ3) is 3.51. The predicted molar refractivity (Wildman–Crippen MR) is 90.6 cm³/mol. The van der Waals surface area contributed by atoms with Gasteiger partial charge in [-0.05, 0) is 43.5 Å². The summed E-state index contributed by atoms with van der Waals surface area (Å²) < 4.78 is 25.3. The summed E-state index contributed by atoms with van der Waals surface area (Å²) in [6.45, 7) is 3.33. The molecule has 2 aromatic rings. The maximum absolute atomic E-state index is 12.8. The molecule has 1 atom stereocenters. The lowest BCUT2D eigenvalue weighted by molar-refractivity contribution is 0.0721. The van der Waals surface area contributed by atoms with Crippen molar-refractivity contribution in [1.82, 2.24) is 14.7 Å². The maximum atomic E-state index is 12.8. The van der Waals surface area contributed by atoms with E-state index in [9.17, 15) is 13.2 Å². The molecule has 1 aliphatic rings. The number of carbonyl (C=O) groups is 1. The zero-order valence-corrected chi connectivity index (χ0v) is 14.7. The first kappa shape index (κ1) is 16.7. The maximum Gasteiger partial charge on any atom is 0.254 e. The van der Waals surface area contributed by atoms with Gasteiger partial charge in [0, 0.05) is 24.6 Å². The van der Waals surface area contributed by atoms with E-state index < -0.39 is 9.84 Å². The van der Waals surface area contributed by atoms with Crippen molar-refractivity contribution in [3.8, 4) is 0 Å². The minimum absolute atomic E-state index is 0.0821. The highest BCUT2D eigenvalue weighted by Crippen LogP contribution is 2.22. The summed E-state index contributed by atoms with van der Waals surface area (Å²) >= 11 is 0. The van der Waals surface area contributed by atoms with E-state index in [1.807, 2.05) is 22.7 Å². The third-order valence-electron chi connectivity index (χ3n) is 4.31. The number of aryl methyl sites for hydroxylation is 1. The molecule has 0 bridgehead atoms. The van der Waals surface area contributed by atoms with E-state index in [0.29, 0.717) is 18.7 Å². The lowest BCUT2D eigenvalue weighted by Gasteiger charge is -2.25. The first-order valence-electron chi connectivity index (χ1n) is 7.95. The van der Waals surface area contributed by atoms with Crippen LogP contribution in [0, 0.1) is 6.92 Å². The Bertz CT molecular complexity index is 857. The Labute approximate surface area is 142 Å². The first-order valence-corrected chi connectivity index (χ1v) is 9.84. The molecule has 0 saturated carbocycles. The smallest absolute Gasteiger partial charge is 0.254 e. The molecule has 0 spiro atoms. The summed E-state index contributed by atoms with van der Waals surface area (Å²) in [6.07, 6.45) is 6.79. The highest BCUT2D eigenvalue weighted by Gasteiger charge is 2.30. The Kier molecular flexibility index (Phi) is 4.45. The Balaban J connectivity index is 1.81. The number of aromatic nitrogens is 2. The van der Waals surface area contributed by atoms with Crippen molar-refractivity contribution in [3.63, 3.8) is 0 Å². The third-order valence-corrected chi connectivity index (χ3v) is 5.42. The lowest BCUT2D eigenvalue weighted by Crippen LogP contribution is -2.38. The van der Waals surface area contributed by atoms with E-state index in [1.165, 1.54) is 12.1 Å². The number of rotatable bonds is 4. The van der Waals surface area contributed by atoms with Crippen LogP contribution >= 0.6 is 0 Å². The summed E-state index contributed by atoms with van der Waals surface area (Å²) in [5.41, 5.74) is 1.51. The average Bonchev–Trinajstić information content (AvgIpc) is 3.15. The predicted octanol–water partition coefficient (Wildman–Crippen LogP) is 1.90. The van der Waals surface area contributed by atoms with Gasteiger partial charge < -0.3 is 4.90 Å². The molecule has 0 unspecified atom stereocenters. The molecule has 1 saturated heterocycles. The van der Waals surface area contributed by atoms with Crippen molar-refractivity contribution in [2.75, 3.05) is 12.8 Å². The van der Waals surface area contributed by atoms with E-state index in [1.54, 1.807) is 18.3 Å². The van der Waals surface area contributed by atoms with Gasteiger partial charge in [-0.2, -0.15) is 5.10 Å². The molecule has 128 valence electrons. The lowest BCUT2D eigenvalue weighted by atomic mass is 10.1. The number of sulfone groups is 1. The minimum Gasteiger partial charge on any atom is -0.334 e. The van der Waals surface area contributed by atoms with E-state index in [-0.39, 0.29) is 16.8 Å². The van der Waals surface area contributed by atoms with Crippen molar-refractivity contribution < 1.29 is 13.2 Å². The van der Waals surface area contributed by atoms with Gasteiger partial charge in [0.2, 0.25) is 0 Å². The molecule has 2 heterocycles. The molecule has 24 heavy (non-hydrogen) atoms. The first-order chi connectivity index (χ1) is 11.3. The summed E-state index contributed by atoms with van der Waals surface area (Å²) in [5.74, 6) is -0.119. The van der Waals surface area contributed by atoms with Crippen molar-refractivity contribution in [1.29, 1.82) is 0 Å². The molecule has 0 N–H and O–H groups in total. The van der Waals surface area contributed by atoms with Crippen LogP contribution in [-0.2, 0) is 16.4 Å². The quantitative estimate of drug-likeness (QED) is 0.847. The van der Waals surface area contributed by atoms with E-state index in [2.05, 4.69) is 5.10 Å².